The third kappa shape index (κ3) is 1.96. The molecule has 1 saturated heterocycles. The van der Waals surface area contributed by atoms with Gasteiger partial charge in [0.2, 0.25) is 0 Å². The molecule has 0 unspecified atom stereocenters. The van der Waals surface area contributed by atoms with Crippen molar-refractivity contribution in [3.63, 3.8) is 0 Å². The molecule has 0 radical (unpaired) electrons. The van der Waals surface area contributed by atoms with Crippen LogP contribution in [0.1, 0.15) is 18.7 Å². The lowest BCUT2D eigenvalue weighted by Crippen LogP contribution is -2.44. The van der Waals surface area contributed by atoms with Crippen LogP contribution in [0.15, 0.2) is 12.4 Å². The van der Waals surface area contributed by atoms with Gasteiger partial charge in [0, 0.05) is 12.4 Å². The Labute approximate surface area is 84.0 Å². The van der Waals surface area contributed by atoms with Crippen LogP contribution in [-0.4, -0.2) is 33.3 Å². The summed E-state index contributed by atoms with van der Waals surface area (Å²) >= 11 is 0. The van der Waals surface area contributed by atoms with Gasteiger partial charge >= 0.3 is 0 Å². The molecule has 4 nitrogen and oxygen atoms in total. The molecule has 2 N–H and O–H groups in total. The highest BCUT2D eigenvalue weighted by molar-refractivity contribution is 4.93. The van der Waals surface area contributed by atoms with E-state index in [0.29, 0.717) is 6.54 Å². The largest absolute Gasteiger partial charge is 0.388 e. The first-order valence-corrected chi connectivity index (χ1v) is 5.10. The van der Waals surface area contributed by atoms with Crippen LogP contribution >= 0.6 is 0 Å². The van der Waals surface area contributed by atoms with Gasteiger partial charge in [0.1, 0.15) is 5.82 Å². The van der Waals surface area contributed by atoms with Gasteiger partial charge in [-0.15, -0.1) is 0 Å². The van der Waals surface area contributed by atoms with Crippen molar-refractivity contribution >= 4 is 0 Å². The highest BCUT2D eigenvalue weighted by atomic mass is 16.3. The molecule has 0 bridgehead atoms. The summed E-state index contributed by atoms with van der Waals surface area (Å²) in [7, 11) is 0. The van der Waals surface area contributed by atoms with Crippen LogP contribution in [0, 0.1) is 6.92 Å². The normalized spacial score (nSPS) is 21.0. The van der Waals surface area contributed by atoms with E-state index in [1.165, 1.54) is 0 Å². The van der Waals surface area contributed by atoms with E-state index < -0.39 is 5.60 Å². The van der Waals surface area contributed by atoms with E-state index in [2.05, 4.69) is 10.3 Å². The van der Waals surface area contributed by atoms with E-state index in [0.717, 1.165) is 31.8 Å². The van der Waals surface area contributed by atoms with Crippen molar-refractivity contribution in [3.8, 4) is 0 Å². The zero-order chi connectivity index (χ0) is 10.0. The summed E-state index contributed by atoms with van der Waals surface area (Å²) in [5.41, 5.74) is -0.545. The van der Waals surface area contributed by atoms with Gasteiger partial charge in [-0.2, -0.15) is 0 Å². The summed E-state index contributed by atoms with van der Waals surface area (Å²) in [4.78, 5) is 4.15. The number of hydrogen-bond acceptors (Lipinski definition) is 3. The van der Waals surface area contributed by atoms with Crippen LogP contribution in [0.3, 0.4) is 0 Å². The predicted octanol–water partition coefficient (Wildman–Crippen LogP) is 0.306. The molecule has 1 aliphatic heterocycles. The fourth-order valence-electron chi connectivity index (χ4n) is 1.94. The van der Waals surface area contributed by atoms with Crippen LogP contribution in [0.5, 0.6) is 0 Å². The maximum atomic E-state index is 10.3. The lowest BCUT2D eigenvalue weighted by Gasteiger charge is -2.33. The van der Waals surface area contributed by atoms with Gasteiger partial charge in [-0.3, -0.25) is 0 Å². The Morgan fingerprint density at radius 2 is 2.29 bits per heavy atom. The molecule has 78 valence electrons. The minimum Gasteiger partial charge on any atom is -0.388 e. The SMILES string of the molecule is Cc1nccn1CC1(O)CCNCC1. The Morgan fingerprint density at radius 1 is 1.57 bits per heavy atom. The number of piperidine rings is 1. The van der Waals surface area contributed by atoms with E-state index in [-0.39, 0.29) is 0 Å². The standard InChI is InChI=1S/C10H17N3O/c1-9-12-6-7-13(9)8-10(14)2-4-11-5-3-10/h6-7,11,14H,2-5,8H2,1H3. The van der Waals surface area contributed by atoms with Gasteiger partial charge in [0.05, 0.1) is 12.1 Å². The first-order chi connectivity index (χ1) is 6.70. The molecule has 1 aromatic heterocycles. The zero-order valence-corrected chi connectivity index (χ0v) is 8.53. The lowest BCUT2D eigenvalue weighted by atomic mass is 9.92. The van der Waals surface area contributed by atoms with Crippen molar-refractivity contribution in [1.29, 1.82) is 0 Å². The molecular weight excluding hydrogens is 178 g/mol. The first kappa shape index (κ1) is 9.68. The average molecular weight is 195 g/mol. The number of imidazole rings is 1. The minimum absolute atomic E-state index is 0.545. The van der Waals surface area contributed by atoms with E-state index in [1.807, 2.05) is 17.7 Å². The number of hydrogen-bond donors (Lipinski definition) is 2. The highest BCUT2D eigenvalue weighted by Crippen LogP contribution is 2.20. The lowest BCUT2D eigenvalue weighted by molar-refractivity contribution is -0.00583. The molecule has 2 rings (SSSR count). The van der Waals surface area contributed by atoms with Gasteiger partial charge < -0.3 is 15.0 Å². The Kier molecular flexibility index (Phi) is 2.56. The van der Waals surface area contributed by atoms with Gasteiger partial charge in [-0.05, 0) is 32.9 Å². The third-order valence-corrected chi connectivity index (χ3v) is 2.92. The first-order valence-electron chi connectivity index (χ1n) is 5.10. The maximum Gasteiger partial charge on any atom is 0.105 e. The number of nitrogens with zero attached hydrogens (tertiary/aromatic N) is 2. The van der Waals surface area contributed by atoms with Crippen molar-refractivity contribution in [1.82, 2.24) is 14.9 Å². The average Bonchev–Trinajstić information content (AvgIpc) is 2.52. The Morgan fingerprint density at radius 3 is 2.86 bits per heavy atom. The smallest absolute Gasteiger partial charge is 0.105 e. The molecule has 1 fully saturated rings. The molecule has 4 heteroatoms. The zero-order valence-electron chi connectivity index (χ0n) is 8.53. The number of aliphatic hydroxyl groups is 1. The second-order valence-electron chi connectivity index (χ2n) is 4.08. The van der Waals surface area contributed by atoms with E-state index in [1.54, 1.807) is 6.20 Å². The van der Waals surface area contributed by atoms with Gasteiger partial charge in [0.15, 0.2) is 0 Å². The summed E-state index contributed by atoms with van der Waals surface area (Å²) in [6.45, 7) is 4.44. The molecule has 0 aliphatic carbocycles. The van der Waals surface area contributed by atoms with Crippen LogP contribution in [0.25, 0.3) is 0 Å². The summed E-state index contributed by atoms with van der Waals surface area (Å²) in [5.74, 6) is 0.969. The molecule has 0 spiro atoms. The van der Waals surface area contributed by atoms with Gasteiger partial charge in [0.25, 0.3) is 0 Å². The van der Waals surface area contributed by atoms with Crippen molar-refractivity contribution in [2.45, 2.75) is 31.9 Å². The fourth-order valence-corrected chi connectivity index (χ4v) is 1.94. The Balaban J connectivity index is 2.05. The molecule has 0 aromatic carbocycles. The Bertz CT molecular complexity index is 302. The minimum atomic E-state index is -0.545. The van der Waals surface area contributed by atoms with Crippen molar-refractivity contribution < 1.29 is 5.11 Å². The number of rotatable bonds is 2. The quantitative estimate of drug-likeness (QED) is 0.714. The number of aromatic nitrogens is 2. The molecular formula is C10H17N3O. The van der Waals surface area contributed by atoms with E-state index in [4.69, 9.17) is 0 Å². The molecule has 0 saturated carbocycles. The van der Waals surface area contributed by atoms with Crippen molar-refractivity contribution in [2.24, 2.45) is 0 Å². The molecule has 14 heavy (non-hydrogen) atoms. The fraction of sp³-hybridized carbons (Fsp3) is 0.700. The van der Waals surface area contributed by atoms with E-state index >= 15 is 0 Å². The molecule has 1 aromatic rings. The second-order valence-corrected chi connectivity index (χ2v) is 4.08. The molecule has 0 atom stereocenters. The van der Waals surface area contributed by atoms with E-state index in [9.17, 15) is 5.11 Å². The van der Waals surface area contributed by atoms with Gasteiger partial charge in [-0.1, -0.05) is 0 Å². The van der Waals surface area contributed by atoms with Crippen LogP contribution in [0.2, 0.25) is 0 Å². The highest BCUT2D eigenvalue weighted by Gasteiger charge is 2.29. The van der Waals surface area contributed by atoms with Crippen LogP contribution in [-0.2, 0) is 6.54 Å². The number of aryl methyl sites for hydroxylation is 1. The topological polar surface area (TPSA) is 50.1 Å². The molecule has 2 heterocycles. The Hall–Kier alpha value is -0.870. The van der Waals surface area contributed by atoms with Crippen molar-refractivity contribution in [2.75, 3.05) is 13.1 Å². The van der Waals surface area contributed by atoms with Crippen LogP contribution < -0.4 is 5.32 Å². The third-order valence-electron chi connectivity index (χ3n) is 2.92. The maximum absolute atomic E-state index is 10.3. The summed E-state index contributed by atoms with van der Waals surface area (Å²) in [6, 6.07) is 0. The number of nitrogens with one attached hydrogen (secondary N) is 1. The van der Waals surface area contributed by atoms with Crippen molar-refractivity contribution in [3.05, 3.63) is 18.2 Å². The summed E-state index contributed by atoms with van der Waals surface area (Å²) in [6.07, 6.45) is 5.35. The monoisotopic (exact) mass is 195 g/mol. The summed E-state index contributed by atoms with van der Waals surface area (Å²) < 4.78 is 2.02. The predicted molar refractivity (Wildman–Crippen MR) is 54.0 cm³/mol. The van der Waals surface area contributed by atoms with Gasteiger partial charge in [-0.25, -0.2) is 4.98 Å². The molecule has 1 aliphatic rings. The second kappa shape index (κ2) is 3.71. The summed E-state index contributed by atoms with van der Waals surface area (Å²) in [5, 5.41) is 13.5. The van der Waals surface area contributed by atoms with Crippen LogP contribution in [0.4, 0.5) is 0 Å². The molecule has 0 amide bonds.